The molecule has 0 unspecified atom stereocenters. The zero-order valence-electron chi connectivity index (χ0n) is 17.4. The molecular weight excluding hydrogens is 380 g/mol. The molecule has 0 N–H and O–H groups in total. The van der Waals surface area contributed by atoms with E-state index in [0.717, 1.165) is 48.9 Å². The van der Waals surface area contributed by atoms with Crippen molar-refractivity contribution in [2.75, 3.05) is 36.0 Å². The van der Waals surface area contributed by atoms with E-state index in [4.69, 9.17) is 0 Å². The molecule has 9 nitrogen and oxygen atoms in total. The Morgan fingerprint density at radius 3 is 2.53 bits per heavy atom. The van der Waals surface area contributed by atoms with Gasteiger partial charge in [0, 0.05) is 49.7 Å². The molecule has 9 heteroatoms. The fraction of sp³-hybridized carbons (Fsp3) is 0.381. The number of nitrogens with zero attached hydrogens (tertiary/aromatic N) is 8. The lowest BCUT2D eigenvalue weighted by molar-refractivity contribution is 0.573. The first-order chi connectivity index (χ1) is 14.5. The van der Waals surface area contributed by atoms with Gasteiger partial charge in [-0.15, -0.1) is 0 Å². The average molecular weight is 404 g/mol. The Kier molecular flexibility index (Phi) is 4.38. The first-order valence-electron chi connectivity index (χ1n) is 10.2. The van der Waals surface area contributed by atoms with Crippen LogP contribution < -0.4 is 15.4 Å². The highest BCUT2D eigenvalue weighted by molar-refractivity contribution is 5.81. The number of hydrogen-bond donors (Lipinski definition) is 0. The molecule has 1 aliphatic rings. The SMILES string of the molecule is Cc1cc(N2CCN(c3ccc4c(=O)n(C(C)C)cnc4c3)CC2)n2ncnc2n1. The molecule has 0 saturated carbocycles. The number of anilines is 2. The number of rotatable bonds is 3. The molecule has 0 amide bonds. The van der Waals surface area contributed by atoms with E-state index in [2.05, 4.69) is 35.9 Å². The summed E-state index contributed by atoms with van der Waals surface area (Å²) in [6, 6.07) is 8.09. The van der Waals surface area contributed by atoms with Crippen LogP contribution >= 0.6 is 0 Å². The maximum atomic E-state index is 12.7. The van der Waals surface area contributed by atoms with Gasteiger partial charge in [0.05, 0.1) is 17.2 Å². The van der Waals surface area contributed by atoms with Gasteiger partial charge in [-0.05, 0) is 39.0 Å². The second-order valence-electron chi connectivity index (χ2n) is 7.95. The second kappa shape index (κ2) is 7.08. The lowest BCUT2D eigenvalue weighted by Gasteiger charge is -2.37. The van der Waals surface area contributed by atoms with Crippen LogP contribution in [0.25, 0.3) is 16.7 Å². The lowest BCUT2D eigenvalue weighted by atomic mass is 10.2. The number of piperazine rings is 1. The third kappa shape index (κ3) is 3.06. The van der Waals surface area contributed by atoms with E-state index in [-0.39, 0.29) is 11.6 Å². The van der Waals surface area contributed by atoms with Gasteiger partial charge in [0.1, 0.15) is 12.1 Å². The van der Waals surface area contributed by atoms with Gasteiger partial charge in [-0.3, -0.25) is 9.36 Å². The normalized spacial score (nSPS) is 14.9. The Balaban J connectivity index is 1.39. The van der Waals surface area contributed by atoms with Gasteiger partial charge in [0.2, 0.25) is 0 Å². The Bertz CT molecular complexity index is 1280. The molecule has 0 atom stereocenters. The van der Waals surface area contributed by atoms with Gasteiger partial charge in [0.25, 0.3) is 11.3 Å². The van der Waals surface area contributed by atoms with Gasteiger partial charge in [-0.1, -0.05) is 0 Å². The molecule has 0 bridgehead atoms. The maximum Gasteiger partial charge on any atom is 0.261 e. The van der Waals surface area contributed by atoms with Gasteiger partial charge >= 0.3 is 0 Å². The van der Waals surface area contributed by atoms with E-state index >= 15 is 0 Å². The smallest absolute Gasteiger partial charge is 0.261 e. The van der Waals surface area contributed by atoms with E-state index in [9.17, 15) is 4.79 Å². The van der Waals surface area contributed by atoms with E-state index in [1.165, 1.54) is 6.33 Å². The van der Waals surface area contributed by atoms with Crippen molar-refractivity contribution in [3.8, 4) is 0 Å². The number of fused-ring (bicyclic) bond motifs is 2. The van der Waals surface area contributed by atoms with Crippen LogP contribution in [0.1, 0.15) is 25.6 Å². The third-order valence-electron chi connectivity index (χ3n) is 5.65. The standard InChI is InChI=1S/C21H24N8O/c1-14(2)28-13-23-18-11-16(4-5-17(18)20(28)30)26-6-8-27(9-7-26)19-10-15(3)25-21-22-12-24-29(19)21/h4-5,10-14H,6-9H2,1-3H3. The minimum Gasteiger partial charge on any atom is -0.368 e. The largest absolute Gasteiger partial charge is 0.368 e. The van der Waals surface area contributed by atoms with Crippen molar-refractivity contribution >= 4 is 28.2 Å². The Morgan fingerprint density at radius 1 is 1.00 bits per heavy atom. The highest BCUT2D eigenvalue weighted by Gasteiger charge is 2.21. The molecule has 1 saturated heterocycles. The predicted octanol–water partition coefficient (Wildman–Crippen LogP) is 2.05. The minimum absolute atomic E-state index is 0.0104. The minimum atomic E-state index is 0.0104. The van der Waals surface area contributed by atoms with Gasteiger partial charge in [0.15, 0.2) is 0 Å². The van der Waals surface area contributed by atoms with Crippen LogP contribution in [0.3, 0.4) is 0 Å². The Hall–Kier alpha value is -3.49. The van der Waals surface area contributed by atoms with Crippen molar-refractivity contribution < 1.29 is 0 Å². The third-order valence-corrected chi connectivity index (χ3v) is 5.65. The van der Waals surface area contributed by atoms with Gasteiger partial charge in [-0.2, -0.15) is 14.6 Å². The topological polar surface area (TPSA) is 84.5 Å². The van der Waals surface area contributed by atoms with Crippen molar-refractivity contribution in [3.05, 3.63) is 53.0 Å². The van der Waals surface area contributed by atoms with Crippen LogP contribution in [0.15, 0.2) is 41.7 Å². The van der Waals surface area contributed by atoms with Crippen LogP contribution in [0.4, 0.5) is 11.5 Å². The van der Waals surface area contributed by atoms with Crippen molar-refractivity contribution in [1.29, 1.82) is 0 Å². The molecule has 30 heavy (non-hydrogen) atoms. The molecule has 5 rings (SSSR count). The molecule has 0 spiro atoms. The van der Waals surface area contributed by atoms with E-state index in [1.807, 2.05) is 39.0 Å². The summed E-state index contributed by atoms with van der Waals surface area (Å²) < 4.78 is 3.46. The number of aromatic nitrogens is 6. The fourth-order valence-electron chi connectivity index (χ4n) is 4.02. The molecule has 1 fully saturated rings. The summed E-state index contributed by atoms with van der Waals surface area (Å²) in [7, 11) is 0. The summed E-state index contributed by atoms with van der Waals surface area (Å²) in [5.41, 5.74) is 2.77. The summed E-state index contributed by atoms with van der Waals surface area (Å²) in [6.07, 6.45) is 3.18. The number of benzene rings is 1. The lowest BCUT2D eigenvalue weighted by Crippen LogP contribution is -2.47. The van der Waals surface area contributed by atoms with Crippen LogP contribution in [-0.2, 0) is 0 Å². The monoisotopic (exact) mass is 404 g/mol. The highest BCUT2D eigenvalue weighted by Crippen LogP contribution is 2.23. The number of aryl methyl sites for hydroxylation is 1. The van der Waals surface area contributed by atoms with Gasteiger partial charge in [-0.25, -0.2) is 9.97 Å². The van der Waals surface area contributed by atoms with Crippen molar-refractivity contribution in [2.24, 2.45) is 0 Å². The Labute approximate surface area is 173 Å². The van der Waals surface area contributed by atoms with E-state index in [1.54, 1.807) is 15.4 Å². The molecule has 4 aromatic rings. The van der Waals surface area contributed by atoms with E-state index < -0.39 is 0 Å². The van der Waals surface area contributed by atoms with Crippen LogP contribution in [0.5, 0.6) is 0 Å². The summed E-state index contributed by atoms with van der Waals surface area (Å²) in [4.78, 5) is 30.5. The molecular formula is C21H24N8O. The molecule has 154 valence electrons. The summed E-state index contributed by atoms with van der Waals surface area (Å²) >= 11 is 0. The van der Waals surface area contributed by atoms with Crippen molar-refractivity contribution in [2.45, 2.75) is 26.8 Å². The van der Waals surface area contributed by atoms with E-state index in [0.29, 0.717) is 11.2 Å². The van der Waals surface area contributed by atoms with Crippen LogP contribution in [0, 0.1) is 6.92 Å². The molecule has 1 aliphatic heterocycles. The zero-order chi connectivity index (χ0) is 20.8. The van der Waals surface area contributed by atoms with Crippen molar-refractivity contribution in [1.82, 2.24) is 29.1 Å². The van der Waals surface area contributed by atoms with Crippen LogP contribution in [-0.4, -0.2) is 55.3 Å². The first-order valence-corrected chi connectivity index (χ1v) is 10.2. The molecule has 0 radical (unpaired) electrons. The quantitative estimate of drug-likeness (QED) is 0.517. The molecule has 3 aromatic heterocycles. The molecule has 0 aliphatic carbocycles. The van der Waals surface area contributed by atoms with Gasteiger partial charge < -0.3 is 9.80 Å². The average Bonchev–Trinajstić information content (AvgIpc) is 3.21. The second-order valence-corrected chi connectivity index (χ2v) is 7.95. The maximum absolute atomic E-state index is 12.7. The fourth-order valence-corrected chi connectivity index (χ4v) is 4.02. The number of hydrogen-bond acceptors (Lipinski definition) is 7. The summed E-state index contributed by atoms with van der Waals surface area (Å²) in [6.45, 7) is 9.40. The Morgan fingerprint density at radius 2 is 1.77 bits per heavy atom. The summed E-state index contributed by atoms with van der Waals surface area (Å²) in [5, 5.41) is 4.98. The van der Waals surface area contributed by atoms with Crippen LogP contribution in [0.2, 0.25) is 0 Å². The predicted molar refractivity (Wildman–Crippen MR) is 116 cm³/mol. The van der Waals surface area contributed by atoms with Crippen molar-refractivity contribution in [3.63, 3.8) is 0 Å². The zero-order valence-corrected chi connectivity index (χ0v) is 17.4. The molecule has 1 aromatic carbocycles. The summed E-state index contributed by atoms with van der Waals surface area (Å²) in [5.74, 6) is 1.64. The first kappa shape index (κ1) is 18.5. The highest BCUT2D eigenvalue weighted by atomic mass is 16.1. The molecule has 4 heterocycles.